The van der Waals surface area contributed by atoms with Gasteiger partial charge in [-0.05, 0) is 40.5 Å². The molecule has 0 aliphatic carbocycles. The van der Waals surface area contributed by atoms with Gasteiger partial charge in [0.1, 0.15) is 11.6 Å². The molecule has 0 bridgehead atoms. The highest BCUT2D eigenvalue weighted by molar-refractivity contribution is 7.91. The van der Waals surface area contributed by atoms with Crippen LogP contribution in [0.25, 0.3) is 0 Å². The first kappa shape index (κ1) is 16.4. The van der Waals surface area contributed by atoms with Gasteiger partial charge in [0.05, 0.1) is 11.2 Å². The van der Waals surface area contributed by atoms with E-state index in [9.17, 15) is 13.2 Å². The number of ether oxygens (including phenoxy) is 1. The fourth-order valence-electron chi connectivity index (χ4n) is 2.21. The summed E-state index contributed by atoms with van der Waals surface area (Å²) in [6.07, 6.45) is 2.49. The van der Waals surface area contributed by atoms with Crippen molar-refractivity contribution < 1.29 is 17.9 Å². The summed E-state index contributed by atoms with van der Waals surface area (Å²) in [4.78, 5) is 16.2. The Kier molecular flexibility index (Phi) is 4.41. The third-order valence-corrected chi connectivity index (χ3v) is 6.30. The number of hydrogen-bond donors (Lipinski definition) is 0. The molecule has 1 aliphatic rings. The number of nitrogens with zero attached hydrogens (tertiary/aromatic N) is 2. The molecule has 21 heavy (non-hydrogen) atoms. The molecule has 0 saturated carbocycles. The molecule has 1 fully saturated rings. The van der Waals surface area contributed by atoms with Crippen LogP contribution in [0.1, 0.15) is 38.6 Å². The van der Waals surface area contributed by atoms with E-state index in [1.165, 1.54) is 10.5 Å². The Morgan fingerprint density at radius 1 is 1.48 bits per heavy atom. The molecule has 0 radical (unpaired) electrons. The summed E-state index contributed by atoms with van der Waals surface area (Å²) >= 11 is 1.12. The SMILES string of the molecule is Cc1ncc(S(=O)(=O)N2CCC[C@H]2C(=O)OC(C)(C)C)s1. The molecule has 0 spiro atoms. The summed E-state index contributed by atoms with van der Waals surface area (Å²) in [6, 6.07) is -0.739. The lowest BCUT2D eigenvalue weighted by molar-refractivity contribution is -0.158. The van der Waals surface area contributed by atoms with Crippen LogP contribution in [0.15, 0.2) is 10.4 Å². The molecule has 2 heterocycles. The van der Waals surface area contributed by atoms with Gasteiger partial charge in [-0.15, -0.1) is 11.3 Å². The number of sulfonamides is 1. The lowest BCUT2D eigenvalue weighted by atomic mass is 10.2. The number of aryl methyl sites for hydroxylation is 1. The second-order valence-corrected chi connectivity index (χ2v) is 9.36. The first-order valence-corrected chi connectivity index (χ1v) is 9.04. The third-order valence-electron chi connectivity index (χ3n) is 3.05. The molecule has 1 aromatic rings. The first-order valence-electron chi connectivity index (χ1n) is 6.78. The highest BCUT2D eigenvalue weighted by atomic mass is 32.2. The Labute approximate surface area is 129 Å². The minimum absolute atomic E-state index is 0.176. The Balaban J connectivity index is 2.24. The maximum Gasteiger partial charge on any atom is 0.324 e. The monoisotopic (exact) mass is 332 g/mol. The van der Waals surface area contributed by atoms with Crippen LogP contribution in [-0.4, -0.2) is 41.9 Å². The van der Waals surface area contributed by atoms with Gasteiger partial charge in [0.2, 0.25) is 0 Å². The highest BCUT2D eigenvalue weighted by Gasteiger charge is 2.42. The van der Waals surface area contributed by atoms with Gasteiger partial charge in [-0.1, -0.05) is 0 Å². The predicted octanol–water partition coefficient (Wildman–Crippen LogP) is 1.95. The zero-order valence-corrected chi connectivity index (χ0v) is 14.3. The van der Waals surface area contributed by atoms with Gasteiger partial charge in [0, 0.05) is 6.54 Å². The normalized spacial score (nSPS) is 20.7. The van der Waals surface area contributed by atoms with Gasteiger partial charge in [0.15, 0.2) is 4.21 Å². The number of aromatic nitrogens is 1. The van der Waals surface area contributed by atoms with Crippen LogP contribution in [0, 0.1) is 6.92 Å². The van der Waals surface area contributed by atoms with Crippen LogP contribution in [0.4, 0.5) is 0 Å². The Morgan fingerprint density at radius 2 is 2.14 bits per heavy atom. The maximum atomic E-state index is 12.6. The van der Waals surface area contributed by atoms with Crippen molar-refractivity contribution in [3.8, 4) is 0 Å². The van der Waals surface area contributed by atoms with Crippen molar-refractivity contribution in [3.05, 3.63) is 11.2 Å². The van der Waals surface area contributed by atoms with Crippen molar-refractivity contribution >= 4 is 27.3 Å². The van der Waals surface area contributed by atoms with Gasteiger partial charge in [-0.25, -0.2) is 13.4 Å². The molecular weight excluding hydrogens is 312 g/mol. The molecule has 1 atom stereocenters. The number of carbonyl (C=O) groups excluding carboxylic acids is 1. The fraction of sp³-hybridized carbons (Fsp3) is 0.692. The average Bonchev–Trinajstić information content (AvgIpc) is 2.94. The van der Waals surface area contributed by atoms with Crippen LogP contribution in [0.3, 0.4) is 0 Å². The Morgan fingerprint density at radius 3 is 2.67 bits per heavy atom. The molecular formula is C13H20N2O4S2. The number of rotatable bonds is 3. The van der Waals surface area contributed by atoms with E-state index < -0.39 is 27.6 Å². The van der Waals surface area contributed by atoms with Crippen LogP contribution < -0.4 is 0 Å². The molecule has 0 aromatic carbocycles. The maximum absolute atomic E-state index is 12.6. The Hall–Kier alpha value is -0.990. The second-order valence-electron chi connectivity index (χ2n) is 6.01. The van der Waals surface area contributed by atoms with Gasteiger partial charge in [-0.2, -0.15) is 4.31 Å². The molecule has 0 N–H and O–H groups in total. The number of carbonyl (C=O) groups is 1. The minimum atomic E-state index is -3.68. The molecule has 118 valence electrons. The molecule has 0 unspecified atom stereocenters. The van der Waals surface area contributed by atoms with Gasteiger partial charge >= 0.3 is 5.97 Å². The van der Waals surface area contributed by atoms with E-state index in [-0.39, 0.29) is 4.21 Å². The summed E-state index contributed by atoms with van der Waals surface area (Å²) < 4.78 is 32.0. The van der Waals surface area contributed by atoms with Crippen LogP contribution in [0.2, 0.25) is 0 Å². The lowest BCUT2D eigenvalue weighted by Gasteiger charge is -2.26. The zero-order valence-electron chi connectivity index (χ0n) is 12.6. The van der Waals surface area contributed by atoms with E-state index >= 15 is 0 Å². The molecule has 8 heteroatoms. The van der Waals surface area contributed by atoms with E-state index in [1.807, 2.05) is 0 Å². The minimum Gasteiger partial charge on any atom is -0.459 e. The summed E-state index contributed by atoms with van der Waals surface area (Å²) in [5.74, 6) is -0.482. The van der Waals surface area contributed by atoms with E-state index in [0.717, 1.165) is 11.3 Å². The summed E-state index contributed by atoms with van der Waals surface area (Å²) in [6.45, 7) is 7.39. The van der Waals surface area contributed by atoms with Crippen LogP contribution >= 0.6 is 11.3 Å². The number of esters is 1. The molecule has 0 amide bonds. The van der Waals surface area contributed by atoms with Crippen LogP contribution in [-0.2, 0) is 19.6 Å². The van der Waals surface area contributed by atoms with Gasteiger partial charge in [0.25, 0.3) is 10.0 Å². The van der Waals surface area contributed by atoms with Crippen LogP contribution in [0.5, 0.6) is 0 Å². The number of thiazole rings is 1. The smallest absolute Gasteiger partial charge is 0.324 e. The number of hydrogen-bond acceptors (Lipinski definition) is 6. The van der Waals surface area contributed by atoms with Crippen molar-refractivity contribution in [2.45, 2.75) is 56.4 Å². The van der Waals surface area contributed by atoms with Gasteiger partial charge in [-0.3, -0.25) is 4.79 Å². The van der Waals surface area contributed by atoms with Crippen molar-refractivity contribution in [3.63, 3.8) is 0 Å². The van der Waals surface area contributed by atoms with E-state index in [4.69, 9.17) is 4.74 Å². The average molecular weight is 332 g/mol. The van der Waals surface area contributed by atoms with E-state index in [0.29, 0.717) is 24.4 Å². The summed E-state index contributed by atoms with van der Waals surface area (Å²) in [5, 5.41) is 0.682. The predicted molar refractivity (Wildman–Crippen MR) is 79.6 cm³/mol. The molecule has 6 nitrogen and oxygen atoms in total. The quantitative estimate of drug-likeness (QED) is 0.791. The van der Waals surface area contributed by atoms with Gasteiger partial charge < -0.3 is 4.74 Å². The van der Waals surface area contributed by atoms with Crippen molar-refractivity contribution in [1.82, 2.24) is 9.29 Å². The zero-order chi connectivity index (χ0) is 15.8. The third kappa shape index (κ3) is 3.61. The lowest BCUT2D eigenvalue weighted by Crippen LogP contribution is -2.43. The molecule has 1 saturated heterocycles. The summed E-state index contributed by atoms with van der Waals surface area (Å²) in [5.41, 5.74) is -0.629. The van der Waals surface area contributed by atoms with Crippen molar-refractivity contribution in [2.24, 2.45) is 0 Å². The molecule has 2 rings (SSSR count). The topological polar surface area (TPSA) is 76.6 Å². The largest absolute Gasteiger partial charge is 0.459 e. The second kappa shape index (κ2) is 5.66. The highest BCUT2D eigenvalue weighted by Crippen LogP contribution is 2.30. The Bertz CT molecular complexity index is 631. The molecule has 1 aromatic heterocycles. The fourth-order valence-corrected chi connectivity index (χ4v) is 5.10. The van der Waals surface area contributed by atoms with E-state index in [1.54, 1.807) is 27.7 Å². The van der Waals surface area contributed by atoms with E-state index in [2.05, 4.69) is 4.98 Å². The van der Waals surface area contributed by atoms with Crippen molar-refractivity contribution in [1.29, 1.82) is 0 Å². The first-order chi connectivity index (χ1) is 9.61. The molecule has 1 aliphatic heterocycles. The van der Waals surface area contributed by atoms with Crippen molar-refractivity contribution in [2.75, 3.05) is 6.54 Å². The summed E-state index contributed by atoms with van der Waals surface area (Å²) in [7, 11) is -3.68. The standard InChI is InChI=1S/C13H20N2O4S2/c1-9-14-8-11(20-9)21(17,18)15-7-5-6-10(15)12(16)19-13(2,3)4/h8,10H,5-7H2,1-4H3/t10-/m0/s1.